The normalized spacial score (nSPS) is 47.6. The van der Waals surface area contributed by atoms with Gasteiger partial charge in [-0.25, -0.2) is 0 Å². The van der Waals surface area contributed by atoms with Crippen molar-refractivity contribution in [3.63, 3.8) is 0 Å². The summed E-state index contributed by atoms with van der Waals surface area (Å²) < 4.78 is 0.483. The number of thioether (sulfide) groups is 1. The number of carbonyl (C=O) groups is 1. The van der Waals surface area contributed by atoms with Crippen LogP contribution in [-0.2, 0) is 4.79 Å². The van der Waals surface area contributed by atoms with Crippen molar-refractivity contribution in [3.8, 4) is 0 Å². The van der Waals surface area contributed by atoms with E-state index in [0.717, 1.165) is 60.5 Å². The summed E-state index contributed by atoms with van der Waals surface area (Å²) in [7, 11) is 0. The summed E-state index contributed by atoms with van der Waals surface area (Å²) in [4.78, 5) is 14.8. The van der Waals surface area contributed by atoms with E-state index in [2.05, 4.69) is 41.3 Å². The van der Waals surface area contributed by atoms with E-state index >= 15 is 0 Å². The molecule has 8 aliphatic rings. The first-order valence-electron chi connectivity index (χ1n) is 12.7. The van der Waals surface area contributed by atoms with E-state index in [0.29, 0.717) is 10.7 Å². The summed E-state index contributed by atoms with van der Waals surface area (Å²) in [6.07, 6.45) is 16.4. The van der Waals surface area contributed by atoms with Gasteiger partial charge in [0.25, 0.3) is 0 Å². The van der Waals surface area contributed by atoms with E-state index in [1.165, 1.54) is 62.7 Å². The predicted molar refractivity (Wildman–Crippen MR) is 122 cm³/mol. The molecule has 1 aromatic rings. The van der Waals surface area contributed by atoms with Crippen LogP contribution in [0.15, 0.2) is 29.2 Å². The van der Waals surface area contributed by atoms with Gasteiger partial charge in [-0.1, -0.05) is 6.07 Å². The molecule has 0 aliphatic heterocycles. The highest BCUT2D eigenvalue weighted by Crippen LogP contribution is 2.62. The molecule has 30 heavy (non-hydrogen) atoms. The summed E-state index contributed by atoms with van der Waals surface area (Å²) in [6.45, 7) is 0. The Morgan fingerprint density at radius 1 is 0.767 bits per heavy atom. The molecule has 2 nitrogen and oxygen atoms in total. The number of hydrogen-bond donors (Lipinski definition) is 1. The molecule has 9 rings (SSSR count). The van der Waals surface area contributed by atoms with E-state index < -0.39 is 0 Å². The Morgan fingerprint density at radius 2 is 1.27 bits per heavy atom. The van der Waals surface area contributed by atoms with Crippen molar-refractivity contribution in [1.82, 2.24) is 0 Å². The van der Waals surface area contributed by atoms with Gasteiger partial charge in [0.05, 0.1) is 5.41 Å². The third kappa shape index (κ3) is 3.01. The van der Waals surface area contributed by atoms with Crippen molar-refractivity contribution in [1.29, 1.82) is 0 Å². The van der Waals surface area contributed by atoms with E-state index in [-0.39, 0.29) is 5.41 Å². The molecule has 0 radical (unpaired) electrons. The second-order valence-electron chi connectivity index (χ2n) is 12.4. The largest absolute Gasteiger partial charge is 0.326 e. The molecular weight excluding hydrogens is 386 g/mol. The fourth-order valence-corrected chi connectivity index (χ4v) is 11.5. The number of amides is 1. The average molecular weight is 422 g/mol. The lowest BCUT2D eigenvalue weighted by molar-refractivity contribution is -0.140. The van der Waals surface area contributed by atoms with Crippen LogP contribution in [0, 0.1) is 40.9 Å². The molecule has 8 fully saturated rings. The maximum atomic E-state index is 13.5. The molecular formula is C27H35NOS. The monoisotopic (exact) mass is 421 g/mol. The number of anilines is 1. The van der Waals surface area contributed by atoms with Gasteiger partial charge in [0.2, 0.25) is 5.91 Å². The fourth-order valence-electron chi connectivity index (χ4n) is 9.70. The number of carbonyl (C=O) groups excluding carboxylic acids is 1. The Bertz CT molecular complexity index is 805. The van der Waals surface area contributed by atoms with Crippen molar-refractivity contribution >= 4 is 23.4 Å². The minimum atomic E-state index is -0.0577. The Hall–Kier alpha value is -0.960. The van der Waals surface area contributed by atoms with Gasteiger partial charge in [-0.15, -0.1) is 11.8 Å². The van der Waals surface area contributed by atoms with Crippen molar-refractivity contribution in [3.05, 3.63) is 24.3 Å². The second-order valence-corrected chi connectivity index (χ2v) is 13.9. The maximum Gasteiger partial charge on any atom is 0.230 e. The highest BCUT2D eigenvalue weighted by atomic mass is 32.2. The molecule has 8 saturated carbocycles. The molecule has 0 atom stereocenters. The zero-order valence-corrected chi connectivity index (χ0v) is 18.9. The highest BCUT2D eigenvalue weighted by Gasteiger charge is 2.55. The maximum absolute atomic E-state index is 13.5. The van der Waals surface area contributed by atoms with Crippen LogP contribution in [0.25, 0.3) is 0 Å². The molecule has 1 N–H and O–H groups in total. The fraction of sp³-hybridized carbons (Fsp3) is 0.741. The molecule has 1 amide bonds. The van der Waals surface area contributed by atoms with Crippen LogP contribution in [0.4, 0.5) is 5.69 Å². The van der Waals surface area contributed by atoms with Gasteiger partial charge in [-0.05, 0) is 131 Å². The molecule has 0 heterocycles. The van der Waals surface area contributed by atoms with Gasteiger partial charge < -0.3 is 5.32 Å². The SMILES string of the molecule is O=C(Nc1cccc(SC23CC4CC(CC(C4)C2)C3)c1)C12CC3CC(CC(C3)C1)C2. The van der Waals surface area contributed by atoms with Crippen LogP contribution in [0.5, 0.6) is 0 Å². The average Bonchev–Trinajstić information content (AvgIpc) is 2.65. The van der Waals surface area contributed by atoms with Crippen LogP contribution in [0.1, 0.15) is 77.0 Å². The first-order valence-corrected chi connectivity index (χ1v) is 13.5. The van der Waals surface area contributed by atoms with E-state index in [1.54, 1.807) is 0 Å². The first kappa shape index (κ1) is 18.6. The summed E-state index contributed by atoms with van der Waals surface area (Å²) in [5, 5.41) is 3.40. The number of nitrogens with one attached hydrogen (secondary N) is 1. The Balaban J connectivity index is 1.09. The Labute approximate surface area is 185 Å². The third-order valence-corrected chi connectivity index (χ3v) is 11.4. The van der Waals surface area contributed by atoms with Crippen LogP contribution in [0.2, 0.25) is 0 Å². The van der Waals surface area contributed by atoms with Crippen LogP contribution < -0.4 is 5.32 Å². The van der Waals surface area contributed by atoms with E-state index in [4.69, 9.17) is 0 Å². The minimum absolute atomic E-state index is 0.0577. The zero-order chi connectivity index (χ0) is 19.9. The van der Waals surface area contributed by atoms with Crippen molar-refractivity contribution in [2.45, 2.75) is 86.7 Å². The van der Waals surface area contributed by atoms with Gasteiger partial charge in [0.1, 0.15) is 0 Å². The Morgan fingerprint density at radius 3 is 1.80 bits per heavy atom. The van der Waals surface area contributed by atoms with Gasteiger partial charge in [0, 0.05) is 15.3 Å². The van der Waals surface area contributed by atoms with Crippen LogP contribution >= 0.6 is 11.8 Å². The minimum Gasteiger partial charge on any atom is -0.326 e. The first-order chi connectivity index (χ1) is 14.5. The van der Waals surface area contributed by atoms with E-state index in [9.17, 15) is 4.79 Å². The van der Waals surface area contributed by atoms with Gasteiger partial charge in [0.15, 0.2) is 0 Å². The standard InChI is InChI=1S/C27H35NOS/c29-25(26-11-17-4-18(12-26)6-19(5-17)13-26)28-23-2-1-3-24(10-23)30-27-14-20-7-21(15-27)9-22(8-20)16-27/h1-3,10,17-22H,4-9,11-16H2,(H,28,29). The lowest BCUT2D eigenvalue weighted by Crippen LogP contribution is -2.51. The summed E-state index contributed by atoms with van der Waals surface area (Å²) in [6, 6.07) is 8.84. The number of benzene rings is 1. The quantitative estimate of drug-likeness (QED) is 0.573. The molecule has 0 spiro atoms. The zero-order valence-electron chi connectivity index (χ0n) is 18.1. The lowest BCUT2D eigenvalue weighted by Gasteiger charge is -2.56. The van der Waals surface area contributed by atoms with Gasteiger partial charge in [-0.3, -0.25) is 4.79 Å². The third-order valence-electron chi connectivity index (χ3n) is 9.93. The molecule has 1 aromatic carbocycles. The number of rotatable bonds is 4. The highest BCUT2D eigenvalue weighted by molar-refractivity contribution is 8.00. The molecule has 0 aromatic heterocycles. The topological polar surface area (TPSA) is 29.1 Å². The molecule has 8 aliphatic carbocycles. The number of hydrogen-bond acceptors (Lipinski definition) is 2. The van der Waals surface area contributed by atoms with Gasteiger partial charge in [-0.2, -0.15) is 0 Å². The van der Waals surface area contributed by atoms with Gasteiger partial charge >= 0.3 is 0 Å². The van der Waals surface area contributed by atoms with Crippen molar-refractivity contribution < 1.29 is 4.79 Å². The van der Waals surface area contributed by atoms with Crippen molar-refractivity contribution in [2.24, 2.45) is 40.9 Å². The summed E-state index contributed by atoms with van der Waals surface area (Å²) in [5.41, 5.74) is 0.975. The van der Waals surface area contributed by atoms with Crippen LogP contribution in [0.3, 0.4) is 0 Å². The molecule has 0 unspecified atom stereocenters. The Kier molecular flexibility index (Phi) is 4.05. The second kappa shape index (κ2) is 6.53. The van der Waals surface area contributed by atoms with Crippen LogP contribution in [-0.4, -0.2) is 10.7 Å². The molecule has 8 bridgehead atoms. The molecule has 3 heteroatoms. The summed E-state index contributed by atoms with van der Waals surface area (Å²) in [5.74, 6) is 5.76. The van der Waals surface area contributed by atoms with Crippen molar-refractivity contribution in [2.75, 3.05) is 5.32 Å². The van der Waals surface area contributed by atoms with E-state index in [1.807, 2.05) is 0 Å². The predicted octanol–water partition coefficient (Wildman–Crippen LogP) is 6.90. The molecule has 160 valence electrons. The lowest BCUT2D eigenvalue weighted by atomic mass is 9.49. The summed E-state index contributed by atoms with van der Waals surface area (Å²) >= 11 is 2.15. The molecule has 0 saturated heterocycles. The smallest absolute Gasteiger partial charge is 0.230 e.